The van der Waals surface area contributed by atoms with Crippen molar-refractivity contribution in [2.75, 3.05) is 5.32 Å². The number of rotatable bonds is 5. The summed E-state index contributed by atoms with van der Waals surface area (Å²) in [6.07, 6.45) is 4.37. The van der Waals surface area contributed by atoms with Gasteiger partial charge in [0.15, 0.2) is 5.82 Å². The van der Waals surface area contributed by atoms with Crippen LogP contribution in [-0.2, 0) is 11.2 Å². The summed E-state index contributed by atoms with van der Waals surface area (Å²) in [4.78, 5) is 16.7. The molecule has 1 aliphatic carbocycles. The summed E-state index contributed by atoms with van der Waals surface area (Å²) >= 11 is 0. The SMILES string of the molecule is CCc1noc(-c2ccc(C)c(NC(=O)C[C@@H]3CCC[C@H]3N)c2)n1.Cl. The zero-order valence-electron chi connectivity index (χ0n) is 14.6. The Morgan fingerprint density at radius 1 is 1.40 bits per heavy atom. The first-order valence-electron chi connectivity index (χ1n) is 8.56. The summed E-state index contributed by atoms with van der Waals surface area (Å²) in [5.74, 6) is 1.44. The molecule has 1 aromatic carbocycles. The summed E-state index contributed by atoms with van der Waals surface area (Å²) in [7, 11) is 0. The van der Waals surface area contributed by atoms with Crippen LogP contribution >= 0.6 is 12.4 Å². The Hall–Kier alpha value is -1.92. The fraction of sp³-hybridized carbons (Fsp3) is 0.500. The Balaban J connectivity index is 0.00000225. The minimum atomic E-state index is 0. The fourth-order valence-electron chi connectivity index (χ4n) is 3.16. The quantitative estimate of drug-likeness (QED) is 0.846. The van der Waals surface area contributed by atoms with E-state index >= 15 is 0 Å². The molecule has 3 rings (SSSR count). The second kappa shape index (κ2) is 8.45. The summed E-state index contributed by atoms with van der Waals surface area (Å²) in [6, 6.07) is 5.90. The van der Waals surface area contributed by atoms with E-state index < -0.39 is 0 Å². The minimum absolute atomic E-state index is 0. The number of aryl methyl sites for hydroxylation is 2. The van der Waals surface area contributed by atoms with Crippen molar-refractivity contribution >= 4 is 24.0 Å². The smallest absolute Gasteiger partial charge is 0.257 e. The van der Waals surface area contributed by atoms with Gasteiger partial charge in [-0.05, 0) is 43.4 Å². The van der Waals surface area contributed by atoms with Gasteiger partial charge in [0.1, 0.15) is 0 Å². The maximum atomic E-state index is 12.3. The molecule has 6 nitrogen and oxygen atoms in total. The summed E-state index contributed by atoms with van der Waals surface area (Å²) in [5.41, 5.74) is 8.64. The number of amides is 1. The maximum absolute atomic E-state index is 12.3. The van der Waals surface area contributed by atoms with E-state index in [1.807, 2.05) is 32.0 Å². The number of nitrogens with two attached hydrogens (primary N) is 1. The van der Waals surface area contributed by atoms with E-state index in [4.69, 9.17) is 10.3 Å². The van der Waals surface area contributed by atoms with Gasteiger partial charge in [-0.15, -0.1) is 12.4 Å². The number of hydrogen-bond acceptors (Lipinski definition) is 5. The molecule has 1 heterocycles. The normalized spacial score (nSPS) is 19.5. The standard InChI is InChI=1S/C18H24N4O2.ClH/c1-3-16-21-18(24-22-16)13-8-7-11(2)15(9-13)20-17(23)10-12-5-4-6-14(12)19;/h7-9,12,14H,3-6,10,19H2,1-2H3,(H,20,23);1H/t12-,14+;/m0./s1. The van der Waals surface area contributed by atoms with Crippen molar-refractivity contribution in [1.29, 1.82) is 0 Å². The lowest BCUT2D eigenvalue weighted by molar-refractivity contribution is -0.117. The number of anilines is 1. The zero-order valence-corrected chi connectivity index (χ0v) is 15.4. The Kier molecular flexibility index (Phi) is 6.56. The van der Waals surface area contributed by atoms with Crippen LogP contribution in [0.15, 0.2) is 22.7 Å². The van der Waals surface area contributed by atoms with Gasteiger partial charge in [-0.2, -0.15) is 4.98 Å². The van der Waals surface area contributed by atoms with Crippen molar-refractivity contribution in [3.05, 3.63) is 29.6 Å². The molecular formula is C18H25ClN4O2. The molecule has 1 amide bonds. The molecule has 0 unspecified atom stereocenters. The second-order valence-electron chi connectivity index (χ2n) is 6.51. The largest absolute Gasteiger partial charge is 0.334 e. The molecule has 1 aromatic heterocycles. The summed E-state index contributed by atoms with van der Waals surface area (Å²) < 4.78 is 5.27. The first-order valence-corrected chi connectivity index (χ1v) is 8.56. The third kappa shape index (κ3) is 4.58. The highest BCUT2D eigenvalue weighted by molar-refractivity contribution is 5.92. The van der Waals surface area contributed by atoms with Gasteiger partial charge in [-0.25, -0.2) is 0 Å². The molecule has 0 spiro atoms. The maximum Gasteiger partial charge on any atom is 0.257 e. The average molecular weight is 365 g/mol. The molecule has 1 aliphatic rings. The highest BCUT2D eigenvalue weighted by Gasteiger charge is 2.26. The van der Waals surface area contributed by atoms with E-state index in [1.54, 1.807) is 0 Å². The Labute approximate surface area is 154 Å². The van der Waals surface area contributed by atoms with E-state index in [2.05, 4.69) is 15.5 Å². The van der Waals surface area contributed by atoms with Gasteiger partial charge in [0, 0.05) is 30.1 Å². The number of halogens is 1. The average Bonchev–Trinajstić information content (AvgIpc) is 3.19. The molecule has 0 bridgehead atoms. The van der Waals surface area contributed by atoms with Crippen LogP contribution in [0, 0.1) is 12.8 Å². The van der Waals surface area contributed by atoms with Gasteiger partial charge in [-0.1, -0.05) is 24.6 Å². The molecule has 2 aromatic rings. The first kappa shape index (κ1) is 19.4. The van der Waals surface area contributed by atoms with E-state index in [0.29, 0.717) is 18.1 Å². The molecule has 0 aliphatic heterocycles. The Morgan fingerprint density at radius 2 is 2.20 bits per heavy atom. The van der Waals surface area contributed by atoms with Crippen LogP contribution in [-0.4, -0.2) is 22.1 Å². The lowest BCUT2D eigenvalue weighted by Crippen LogP contribution is -2.28. The van der Waals surface area contributed by atoms with Crippen molar-refractivity contribution in [3.63, 3.8) is 0 Å². The van der Waals surface area contributed by atoms with Crippen LogP contribution in [0.4, 0.5) is 5.69 Å². The molecule has 25 heavy (non-hydrogen) atoms. The lowest BCUT2D eigenvalue weighted by atomic mass is 9.99. The van der Waals surface area contributed by atoms with Gasteiger partial charge < -0.3 is 15.6 Å². The topological polar surface area (TPSA) is 94.0 Å². The van der Waals surface area contributed by atoms with Gasteiger partial charge in [-0.3, -0.25) is 4.79 Å². The number of benzene rings is 1. The molecule has 0 saturated heterocycles. The number of carbonyl (C=O) groups is 1. The zero-order chi connectivity index (χ0) is 17.1. The molecular weight excluding hydrogens is 340 g/mol. The molecule has 0 radical (unpaired) electrons. The van der Waals surface area contributed by atoms with E-state index in [1.165, 1.54) is 0 Å². The fourth-order valence-corrected chi connectivity index (χ4v) is 3.16. The third-order valence-corrected chi connectivity index (χ3v) is 4.71. The van der Waals surface area contributed by atoms with Crippen LogP contribution in [0.5, 0.6) is 0 Å². The van der Waals surface area contributed by atoms with Crippen molar-refractivity contribution in [1.82, 2.24) is 10.1 Å². The van der Waals surface area contributed by atoms with Crippen LogP contribution in [0.1, 0.15) is 44.0 Å². The predicted molar refractivity (Wildman–Crippen MR) is 99.7 cm³/mol. The lowest BCUT2D eigenvalue weighted by Gasteiger charge is -2.15. The van der Waals surface area contributed by atoms with Crippen molar-refractivity contribution in [3.8, 4) is 11.5 Å². The predicted octanol–water partition coefficient (Wildman–Crippen LogP) is 3.49. The highest BCUT2D eigenvalue weighted by Crippen LogP contribution is 2.28. The Bertz CT molecular complexity index is 732. The molecule has 3 N–H and O–H groups in total. The van der Waals surface area contributed by atoms with E-state index in [-0.39, 0.29) is 30.3 Å². The van der Waals surface area contributed by atoms with Crippen molar-refractivity contribution < 1.29 is 9.32 Å². The highest BCUT2D eigenvalue weighted by atomic mass is 35.5. The number of nitrogens with one attached hydrogen (secondary N) is 1. The summed E-state index contributed by atoms with van der Waals surface area (Å²) in [5, 5.41) is 6.92. The monoisotopic (exact) mass is 364 g/mol. The second-order valence-corrected chi connectivity index (χ2v) is 6.51. The van der Waals surface area contributed by atoms with Gasteiger partial charge in [0.05, 0.1) is 0 Å². The first-order chi connectivity index (χ1) is 11.6. The van der Waals surface area contributed by atoms with Crippen molar-refractivity contribution in [2.24, 2.45) is 11.7 Å². The van der Waals surface area contributed by atoms with Crippen molar-refractivity contribution in [2.45, 2.75) is 52.0 Å². The van der Waals surface area contributed by atoms with Gasteiger partial charge in [0.25, 0.3) is 5.89 Å². The third-order valence-electron chi connectivity index (χ3n) is 4.71. The van der Waals surface area contributed by atoms with Crippen LogP contribution < -0.4 is 11.1 Å². The summed E-state index contributed by atoms with van der Waals surface area (Å²) in [6.45, 7) is 3.94. The molecule has 2 atom stereocenters. The van der Waals surface area contributed by atoms with Crippen LogP contribution in [0.25, 0.3) is 11.5 Å². The van der Waals surface area contributed by atoms with Gasteiger partial charge in [0.2, 0.25) is 5.91 Å². The number of nitrogens with zero attached hydrogens (tertiary/aromatic N) is 2. The number of aromatic nitrogens is 2. The molecule has 7 heteroatoms. The molecule has 1 fully saturated rings. The van der Waals surface area contributed by atoms with Gasteiger partial charge >= 0.3 is 0 Å². The van der Waals surface area contributed by atoms with Crippen LogP contribution in [0.3, 0.4) is 0 Å². The van der Waals surface area contributed by atoms with E-state index in [9.17, 15) is 4.79 Å². The Morgan fingerprint density at radius 3 is 2.84 bits per heavy atom. The number of hydrogen-bond donors (Lipinski definition) is 2. The minimum Gasteiger partial charge on any atom is -0.334 e. The molecule has 136 valence electrons. The molecule has 1 saturated carbocycles. The number of carbonyl (C=O) groups excluding carboxylic acids is 1. The van der Waals surface area contributed by atoms with Crippen LogP contribution in [0.2, 0.25) is 0 Å². The van der Waals surface area contributed by atoms with E-state index in [0.717, 1.165) is 42.5 Å².